The first-order valence-electron chi connectivity index (χ1n) is 12.0. The van der Waals surface area contributed by atoms with Gasteiger partial charge in [0.05, 0.1) is 28.5 Å². The Morgan fingerprint density at radius 2 is 1.27 bits per heavy atom. The van der Waals surface area contributed by atoms with Crippen LogP contribution in [0.25, 0.3) is 11.3 Å². The molecule has 180 valence electrons. The number of rotatable bonds is 4. The lowest BCUT2D eigenvalue weighted by Gasteiger charge is -2.45. The van der Waals surface area contributed by atoms with Gasteiger partial charge >= 0.3 is 0 Å². The van der Waals surface area contributed by atoms with Crippen LogP contribution in [0.5, 0.6) is 0 Å². The minimum atomic E-state index is -0.515. The lowest BCUT2D eigenvalue weighted by molar-refractivity contribution is -0.384. The summed E-state index contributed by atoms with van der Waals surface area (Å²) in [6.45, 7) is 0. The average Bonchev–Trinajstić information content (AvgIpc) is 3.50. The molecule has 1 aliphatic heterocycles. The van der Waals surface area contributed by atoms with E-state index in [4.69, 9.17) is 4.42 Å². The molecular formula is C29H19N3O5. The first kappa shape index (κ1) is 21.4. The molecule has 37 heavy (non-hydrogen) atoms. The highest BCUT2D eigenvalue weighted by Gasteiger charge is 2.61. The van der Waals surface area contributed by atoms with Crippen LogP contribution in [0.2, 0.25) is 0 Å². The van der Waals surface area contributed by atoms with Crippen LogP contribution in [0.15, 0.2) is 94.4 Å². The summed E-state index contributed by atoms with van der Waals surface area (Å²) < 4.78 is 5.76. The monoisotopic (exact) mass is 489 g/mol. The topological polar surface area (TPSA) is 106 Å². The van der Waals surface area contributed by atoms with Crippen molar-refractivity contribution in [3.05, 3.63) is 123 Å². The molecule has 1 fully saturated rings. The summed E-state index contributed by atoms with van der Waals surface area (Å²) in [6.07, 6.45) is 1.31. The average molecular weight is 489 g/mol. The predicted octanol–water partition coefficient (Wildman–Crippen LogP) is 5.08. The van der Waals surface area contributed by atoms with E-state index >= 15 is 0 Å². The Balaban J connectivity index is 1.23. The Labute approximate surface area is 211 Å². The maximum atomic E-state index is 13.6. The minimum Gasteiger partial charge on any atom is -0.455 e. The van der Waals surface area contributed by atoms with Gasteiger partial charge in [-0.2, -0.15) is 10.1 Å². The molecule has 8 heteroatoms. The molecule has 3 aliphatic carbocycles. The second kappa shape index (κ2) is 7.83. The highest BCUT2D eigenvalue weighted by atomic mass is 16.6. The maximum Gasteiger partial charge on any atom is 0.280 e. The van der Waals surface area contributed by atoms with Crippen molar-refractivity contribution in [2.45, 2.75) is 11.8 Å². The summed E-state index contributed by atoms with van der Waals surface area (Å²) in [7, 11) is 0. The van der Waals surface area contributed by atoms with Crippen molar-refractivity contribution in [2.75, 3.05) is 0 Å². The molecular weight excluding hydrogens is 470 g/mol. The van der Waals surface area contributed by atoms with E-state index in [1.165, 1.54) is 12.3 Å². The second-order valence-corrected chi connectivity index (χ2v) is 9.47. The van der Waals surface area contributed by atoms with Crippen LogP contribution in [0, 0.1) is 22.0 Å². The number of amides is 2. The Kier molecular flexibility index (Phi) is 4.53. The van der Waals surface area contributed by atoms with Gasteiger partial charge in [0.25, 0.3) is 17.5 Å². The zero-order chi connectivity index (χ0) is 25.3. The number of nitro groups is 1. The Morgan fingerprint density at radius 3 is 1.81 bits per heavy atom. The van der Waals surface area contributed by atoms with E-state index in [9.17, 15) is 19.7 Å². The number of imide groups is 1. The second-order valence-electron chi connectivity index (χ2n) is 9.47. The predicted molar refractivity (Wildman–Crippen MR) is 134 cm³/mol. The van der Waals surface area contributed by atoms with Crippen molar-refractivity contribution in [3.8, 4) is 11.3 Å². The number of carbonyl (C=O) groups is 2. The maximum absolute atomic E-state index is 13.6. The van der Waals surface area contributed by atoms with Crippen molar-refractivity contribution >= 4 is 23.7 Å². The Hall–Kier alpha value is -4.85. The van der Waals surface area contributed by atoms with Gasteiger partial charge in [-0.25, -0.2) is 0 Å². The van der Waals surface area contributed by atoms with E-state index in [1.54, 1.807) is 30.3 Å². The fourth-order valence-corrected chi connectivity index (χ4v) is 6.30. The quantitative estimate of drug-likeness (QED) is 0.172. The SMILES string of the molecule is O=C1[C@@H]2C3c4ccccc4C(c4ccccc43)[C@@H]2C(=O)N1/N=C\c1ccc(-c2ccccc2[N+](=O)[O-])o1. The zero-order valence-corrected chi connectivity index (χ0v) is 19.4. The van der Waals surface area contributed by atoms with Gasteiger partial charge in [0.2, 0.25) is 0 Å². The molecule has 0 radical (unpaired) electrons. The van der Waals surface area contributed by atoms with Crippen LogP contribution in [-0.2, 0) is 9.59 Å². The smallest absolute Gasteiger partial charge is 0.280 e. The number of para-hydroxylation sites is 1. The third-order valence-corrected chi connectivity index (χ3v) is 7.72. The van der Waals surface area contributed by atoms with Crippen LogP contribution in [0.3, 0.4) is 0 Å². The van der Waals surface area contributed by atoms with Gasteiger partial charge in [0, 0.05) is 17.9 Å². The molecule has 0 unspecified atom stereocenters. The first-order chi connectivity index (χ1) is 18.0. The zero-order valence-electron chi connectivity index (χ0n) is 19.4. The minimum absolute atomic E-state index is 0.0797. The number of nitrogens with zero attached hydrogens (tertiary/aromatic N) is 3. The van der Waals surface area contributed by atoms with Crippen molar-refractivity contribution < 1.29 is 18.9 Å². The number of hydrazone groups is 1. The van der Waals surface area contributed by atoms with Crippen LogP contribution >= 0.6 is 0 Å². The van der Waals surface area contributed by atoms with E-state index < -0.39 is 16.8 Å². The molecule has 0 saturated carbocycles. The van der Waals surface area contributed by atoms with Crippen molar-refractivity contribution in [3.63, 3.8) is 0 Å². The molecule has 2 amide bonds. The molecule has 3 aromatic carbocycles. The van der Waals surface area contributed by atoms with E-state index in [0.29, 0.717) is 11.3 Å². The molecule has 8 rings (SSSR count). The number of hydrogen-bond donors (Lipinski definition) is 0. The molecule has 4 aromatic rings. The van der Waals surface area contributed by atoms with Crippen LogP contribution < -0.4 is 0 Å². The van der Waals surface area contributed by atoms with E-state index in [1.807, 2.05) is 24.3 Å². The van der Waals surface area contributed by atoms with E-state index in [2.05, 4.69) is 29.4 Å². The Morgan fingerprint density at radius 1 is 0.757 bits per heavy atom. The number of furan rings is 1. The van der Waals surface area contributed by atoms with Gasteiger partial charge in [0.1, 0.15) is 11.5 Å². The third-order valence-electron chi connectivity index (χ3n) is 7.72. The molecule has 2 bridgehead atoms. The molecule has 0 spiro atoms. The summed E-state index contributed by atoms with van der Waals surface area (Å²) in [5, 5.41) is 16.6. The molecule has 0 N–H and O–H groups in total. The number of carbonyl (C=O) groups excluding carboxylic acids is 2. The number of hydrogen-bond acceptors (Lipinski definition) is 6. The highest BCUT2D eigenvalue weighted by molar-refractivity contribution is 6.08. The van der Waals surface area contributed by atoms with Crippen molar-refractivity contribution in [1.29, 1.82) is 0 Å². The first-order valence-corrected chi connectivity index (χ1v) is 12.0. The highest BCUT2D eigenvalue weighted by Crippen LogP contribution is 2.60. The van der Waals surface area contributed by atoms with E-state index in [0.717, 1.165) is 27.3 Å². The van der Waals surface area contributed by atoms with Crippen LogP contribution in [0.1, 0.15) is 39.8 Å². The largest absolute Gasteiger partial charge is 0.455 e. The van der Waals surface area contributed by atoms with Crippen molar-refractivity contribution in [2.24, 2.45) is 16.9 Å². The standard InChI is InChI=1S/C29H19N3O5/c33-28-26-24-17-7-1-2-8-18(17)25(20-10-4-3-9-19(20)24)27(26)29(34)31(28)30-15-16-13-14-23(37-16)21-11-5-6-12-22(21)32(35)36/h1-15,24-27H/b30-15-/t24?,25?,26-,27+. The molecule has 4 aliphatic rings. The number of nitro benzene ring substituents is 1. The van der Waals surface area contributed by atoms with Crippen molar-refractivity contribution in [1.82, 2.24) is 5.01 Å². The molecule has 1 saturated heterocycles. The van der Waals surface area contributed by atoms with Gasteiger partial charge < -0.3 is 4.42 Å². The van der Waals surface area contributed by atoms with Gasteiger partial charge in [-0.3, -0.25) is 19.7 Å². The van der Waals surface area contributed by atoms with E-state index in [-0.39, 0.29) is 35.1 Å². The lowest BCUT2D eigenvalue weighted by atomic mass is 9.55. The summed E-state index contributed by atoms with van der Waals surface area (Å²) in [5.74, 6) is -1.51. The molecule has 1 aromatic heterocycles. The Bertz CT molecular complexity index is 1540. The summed E-state index contributed by atoms with van der Waals surface area (Å²) in [6, 6.07) is 25.6. The summed E-state index contributed by atoms with van der Waals surface area (Å²) in [5.41, 5.74) is 4.64. The van der Waals surface area contributed by atoms with Gasteiger partial charge in [-0.05, 0) is 40.5 Å². The van der Waals surface area contributed by atoms with Gasteiger partial charge in [-0.15, -0.1) is 0 Å². The third kappa shape index (κ3) is 2.99. The summed E-state index contributed by atoms with van der Waals surface area (Å²) in [4.78, 5) is 38.1. The normalized spacial score (nSPS) is 23.3. The lowest BCUT2D eigenvalue weighted by Crippen LogP contribution is -2.41. The molecule has 8 nitrogen and oxygen atoms in total. The van der Waals surface area contributed by atoms with Gasteiger partial charge in [0.15, 0.2) is 0 Å². The van der Waals surface area contributed by atoms with Crippen LogP contribution in [-0.4, -0.2) is 28.0 Å². The molecule has 2 atom stereocenters. The number of benzene rings is 3. The fourth-order valence-electron chi connectivity index (χ4n) is 6.30. The van der Waals surface area contributed by atoms with Gasteiger partial charge in [-0.1, -0.05) is 60.7 Å². The summed E-state index contributed by atoms with van der Waals surface area (Å²) >= 11 is 0. The molecule has 2 heterocycles. The van der Waals surface area contributed by atoms with Crippen LogP contribution in [0.4, 0.5) is 5.69 Å². The fraction of sp³-hybridized carbons (Fsp3) is 0.138.